The zero-order chi connectivity index (χ0) is 76.3. The van der Waals surface area contributed by atoms with Gasteiger partial charge in [0, 0.05) is 82.1 Å². The van der Waals surface area contributed by atoms with E-state index in [0.717, 1.165) is 78.9 Å². The van der Waals surface area contributed by atoms with Crippen LogP contribution in [0.3, 0.4) is 0 Å². The van der Waals surface area contributed by atoms with Crippen molar-refractivity contribution in [1.29, 1.82) is 0 Å². The molecule has 8 heterocycles. The highest BCUT2D eigenvalue weighted by atomic mass is 16.5. The number of likely N-dealkylation sites (N-methyl/N-ethyl adjacent to an activating group) is 1. The summed E-state index contributed by atoms with van der Waals surface area (Å²) in [6.45, 7) is 97.5. The van der Waals surface area contributed by atoms with Crippen LogP contribution in [-0.4, -0.2) is 283 Å². The summed E-state index contributed by atoms with van der Waals surface area (Å²) in [7, 11) is 6.43. The van der Waals surface area contributed by atoms with Crippen LogP contribution in [0.15, 0.2) is 0 Å². The first kappa shape index (κ1) is 99.5. The quantitative estimate of drug-likeness (QED) is 0.138. The van der Waals surface area contributed by atoms with Gasteiger partial charge in [0.05, 0.1) is 39.6 Å². The monoisotopic (exact) mass is 1420 g/mol. The summed E-state index contributed by atoms with van der Waals surface area (Å²) >= 11 is 0. The van der Waals surface area contributed by atoms with Crippen molar-refractivity contribution in [3.8, 4) is 0 Å². The number of ether oxygens (including phenoxy) is 3. The third kappa shape index (κ3) is 63.6. The average Bonchev–Trinajstić information content (AvgIpc) is 0.899. The van der Waals surface area contributed by atoms with Crippen molar-refractivity contribution in [1.82, 2.24) is 49.0 Å². The Hall–Kier alpha value is -0.520. The van der Waals surface area contributed by atoms with Gasteiger partial charge in [-0.25, -0.2) is 0 Å². The summed E-state index contributed by atoms with van der Waals surface area (Å²) in [4.78, 5) is 25.0. The molecule has 8 aliphatic rings. The Morgan fingerprint density at radius 3 is 0.750 bits per heavy atom. The molecule has 8 rings (SSSR count). The largest absolute Gasteiger partial charge is 0.379 e. The van der Waals surface area contributed by atoms with Crippen LogP contribution in [0.25, 0.3) is 0 Å². The lowest BCUT2D eigenvalue weighted by molar-refractivity contribution is -0.00389. The smallest absolute Gasteiger partial charge is 0.0594 e. The minimum Gasteiger partial charge on any atom is -0.379 e. The maximum atomic E-state index is 5.31. The van der Waals surface area contributed by atoms with Crippen molar-refractivity contribution >= 4 is 0 Å². The predicted octanol–water partition coefficient (Wildman–Crippen LogP) is 18.6. The molecule has 13 nitrogen and oxygen atoms in total. The van der Waals surface area contributed by atoms with Gasteiger partial charge in [0.1, 0.15) is 0 Å². The van der Waals surface area contributed by atoms with Crippen molar-refractivity contribution in [3.63, 3.8) is 0 Å². The molecule has 0 unspecified atom stereocenters. The zero-order valence-electron chi connectivity index (χ0n) is 74.1. The highest BCUT2D eigenvalue weighted by Gasteiger charge is 2.27. The van der Waals surface area contributed by atoms with E-state index in [1.807, 2.05) is 0 Å². The molecular weight excluding hydrogens is 1230 g/mol. The fourth-order valence-electron chi connectivity index (χ4n) is 13.0. The van der Waals surface area contributed by atoms with Crippen LogP contribution in [0.5, 0.6) is 0 Å². The van der Waals surface area contributed by atoms with E-state index in [9.17, 15) is 0 Å². The van der Waals surface area contributed by atoms with Gasteiger partial charge in [0.2, 0.25) is 0 Å². The van der Waals surface area contributed by atoms with E-state index >= 15 is 0 Å². The number of hydrogen-bond donors (Lipinski definition) is 0. The lowest BCUT2D eigenvalue weighted by Crippen LogP contribution is -2.52. The molecule has 0 spiro atoms. The Kier molecular flexibility index (Phi) is 51.5. The van der Waals surface area contributed by atoms with E-state index in [1.54, 1.807) is 0 Å². The predicted molar refractivity (Wildman–Crippen MR) is 445 cm³/mol. The van der Waals surface area contributed by atoms with Crippen molar-refractivity contribution in [2.75, 3.05) is 218 Å². The standard InChI is InChI=1S/C12H25N.C11H23NO.C11H23N.C10H21NO.C10H21N.C9H20N2.C8H17NO.C8H17N.C8H19N/c1-12(2,3)8-4-5-9-13-10-6-7-11-13;1-11(2,3)5-4-6-12-7-9-13-10-8-12;1-11(2,3)7-6-10-12-8-4-5-9-12;1-10(2,3)4-5-11-6-8-12-9-7-11;1-10(2,3)6-9-11-7-4-5-8-11;1-9(2,3)11-7-5-10(4)6-8-11;1-8(2,3)9-4-6-10-7-5-9;1-8(2,3)9-6-4-5-7-9;1-8(2,3)6-7-9(4)5/h4-11H2,1-3H3;4-10H2,1-3H3;4-10H2,1-3H3;4-9H2,1-3H3;4-9H2,1-3H3;5-8H2,1-4H3;4-7H2,1-3H3;4-7H2,1-3H3;6-7H2,1-5H3. The molecule has 0 aliphatic carbocycles. The van der Waals surface area contributed by atoms with Gasteiger partial charge in [0.15, 0.2) is 0 Å². The summed E-state index contributed by atoms with van der Waals surface area (Å²) in [5, 5.41) is 0. The van der Waals surface area contributed by atoms with E-state index in [2.05, 4.69) is 257 Å². The maximum absolute atomic E-state index is 5.31. The molecule has 0 aromatic carbocycles. The highest BCUT2D eigenvalue weighted by molar-refractivity contribution is 4.82. The summed E-state index contributed by atoms with van der Waals surface area (Å²) in [6, 6.07) is 0. The Morgan fingerprint density at radius 1 is 0.240 bits per heavy atom. The van der Waals surface area contributed by atoms with Crippen molar-refractivity contribution in [3.05, 3.63) is 0 Å². The fourth-order valence-corrected chi connectivity index (χ4v) is 13.0. The summed E-state index contributed by atoms with van der Waals surface area (Å²) in [5.41, 5.74) is 4.13. The lowest BCUT2D eigenvalue weighted by atomic mass is 9.90. The summed E-state index contributed by atoms with van der Waals surface area (Å²) in [6.07, 6.45) is 24.8. The Morgan fingerprint density at radius 2 is 0.480 bits per heavy atom. The first-order valence-electron chi connectivity index (χ1n) is 42.0. The lowest BCUT2D eigenvalue weighted by Gasteiger charge is -2.41. The van der Waals surface area contributed by atoms with Crippen molar-refractivity contribution < 1.29 is 14.2 Å². The second-order valence-electron chi connectivity index (χ2n) is 41.7. The first-order valence-corrected chi connectivity index (χ1v) is 42.0. The van der Waals surface area contributed by atoms with E-state index in [4.69, 9.17) is 14.2 Å². The maximum Gasteiger partial charge on any atom is 0.0594 e. The molecule has 0 amide bonds. The van der Waals surface area contributed by atoms with Crippen LogP contribution in [-0.2, 0) is 14.2 Å². The topological polar surface area (TPSA) is 60.1 Å². The minimum atomic E-state index is 0.323. The Labute approximate surface area is 629 Å². The molecule has 602 valence electrons. The van der Waals surface area contributed by atoms with E-state index < -0.39 is 0 Å². The second kappa shape index (κ2) is 51.7. The van der Waals surface area contributed by atoms with Crippen LogP contribution in [0.4, 0.5) is 0 Å². The van der Waals surface area contributed by atoms with Crippen LogP contribution >= 0.6 is 0 Å². The van der Waals surface area contributed by atoms with Gasteiger partial charge in [-0.05, 0) is 317 Å². The molecule has 100 heavy (non-hydrogen) atoms. The van der Waals surface area contributed by atoms with Crippen molar-refractivity contribution in [2.45, 2.75) is 319 Å². The van der Waals surface area contributed by atoms with E-state index in [0.29, 0.717) is 49.1 Å². The highest BCUT2D eigenvalue weighted by Crippen LogP contribution is 2.26. The normalized spacial score (nSPS) is 20.7. The number of nitrogens with zero attached hydrogens (tertiary/aromatic N) is 10. The van der Waals surface area contributed by atoms with Gasteiger partial charge in [-0.2, -0.15) is 0 Å². The molecule has 8 fully saturated rings. The van der Waals surface area contributed by atoms with Gasteiger partial charge in [-0.15, -0.1) is 0 Å². The number of rotatable bonds is 16. The van der Waals surface area contributed by atoms with Gasteiger partial charge >= 0.3 is 0 Å². The molecule has 0 aromatic rings. The zero-order valence-corrected chi connectivity index (χ0v) is 74.1. The van der Waals surface area contributed by atoms with Crippen molar-refractivity contribution in [2.24, 2.45) is 32.5 Å². The van der Waals surface area contributed by atoms with Crippen LogP contribution < -0.4 is 0 Å². The van der Waals surface area contributed by atoms with Crippen LogP contribution in [0.2, 0.25) is 0 Å². The third-order valence-corrected chi connectivity index (χ3v) is 20.4. The molecule has 0 N–H and O–H groups in total. The summed E-state index contributed by atoms with van der Waals surface area (Å²) < 4.78 is 15.8. The molecular formula is C87H186N10O3. The van der Waals surface area contributed by atoms with Crippen LogP contribution in [0.1, 0.15) is 303 Å². The minimum absolute atomic E-state index is 0.323. The van der Waals surface area contributed by atoms with Crippen LogP contribution in [0, 0.1) is 32.5 Å². The van der Waals surface area contributed by atoms with Gasteiger partial charge in [0.25, 0.3) is 0 Å². The molecule has 8 saturated heterocycles. The third-order valence-electron chi connectivity index (χ3n) is 20.4. The number of likely N-dealkylation sites (tertiary alicyclic amines) is 4. The number of hydrogen-bond acceptors (Lipinski definition) is 13. The average molecular weight is 1420 g/mol. The van der Waals surface area contributed by atoms with Gasteiger partial charge in [-0.1, -0.05) is 131 Å². The van der Waals surface area contributed by atoms with E-state index in [-0.39, 0.29) is 0 Å². The molecule has 0 saturated carbocycles. The SMILES string of the molecule is CC(C)(C)CCCCN1CCCC1.CC(C)(C)CCCN1CCCC1.CC(C)(C)CCCN1CCOCC1.CC(C)(C)CCN1CCCC1.CC(C)(C)CCN1CCOCC1.CC(C)(C)N1CCCC1.CC(C)(C)N1CCOCC1.CN(C)CCC(C)(C)C.CN1CCN(C(C)(C)C)CC1. The van der Waals surface area contributed by atoms with Gasteiger partial charge in [-0.3, -0.25) is 24.5 Å². The molecule has 0 atom stereocenters. The van der Waals surface area contributed by atoms with E-state index in [1.165, 1.54) is 233 Å². The molecule has 8 aliphatic heterocycles. The van der Waals surface area contributed by atoms with Gasteiger partial charge < -0.3 is 38.7 Å². The Balaban J connectivity index is 0.00000111. The summed E-state index contributed by atoms with van der Waals surface area (Å²) in [5.74, 6) is 0. The first-order chi connectivity index (χ1) is 46.0. The second-order valence-corrected chi connectivity index (χ2v) is 41.7. The number of morpholine rings is 3. The number of unbranched alkanes of at least 4 members (excludes halogenated alkanes) is 1. The molecule has 13 heteroatoms. The molecule has 0 radical (unpaired) electrons. The fraction of sp³-hybridized carbons (Fsp3) is 1.00. The number of piperazine rings is 1. The molecule has 0 aromatic heterocycles. The molecule has 0 bridgehead atoms. The Bertz CT molecular complexity index is 1840.